The molecule has 3 rings (SSSR count). The van der Waals surface area contributed by atoms with Crippen molar-refractivity contribution in [3.8, 4) is 6.07 Å². The first-order valence-corrected chi connectivity index (χ1v) is 7.43. The summed E-state index contributed by atoms with van der Waals surface area (Å²) in [7, 11) is 0. The number of rotatable bonds is 2. The molecule has 2 heterocycles. The maximum atomic E-state index is 12.8. The van der Waals surface area contributed by atoms with Gasteiger partial charge in [-0.05, 0) is 24.1 Å². The third kappa shape index (κ3) is 3.13. The zero-order valence-corrected chi connectivity index (χ0v) is 12.6. The molecule has 0 radical (unpaired) electrons. The number of carbonyl (C=O) groups is 1. The second kappa shape index (κ2) is 6.04. The average Bonchev–Trinajstić information content (AvgIpc) is 3.23. The van der Waals surface area contributed by atoms with Crippen LogP contribution in [0.15, 0.2) is 36.5 Å². The maximum Gasteiger partial charge on any atom is 0.416 e. The van der Waals surface area contributed by atoms with Gasteiger partial charge in [0.15, 0.2) is 0 Å². The smallest absolute Gasteiger partial charge is 0.352 e. The number of carbonyl (C=O) groups excluding carboxylic acids is 1. The van der Waals surface area contributed by atoms with Gasteiger partial charge in [-0.2, -0.15) is 18.4 Å². The van der Waals surface area contributed by atoms with E-state index >= 15 is 0 Å². The Balaban J connectivity index is 1.74. The number of aromatic nitrogens is 1. The van der Waals surface area contributed by atoms with E-state index in [0.717, 1.165) is 12.1 Å². The lowest BCUT2D eigenvalue weighted by Crippen LogP contribution is -2.28. The highest BCUT2D eigenvalue weighted by Crippen LogP contribution is 2.34. The molecule has 1 aliphatic rings. The summed E-state index contributed by atoms with van der Waals surface area (Å²) in [5.74, 6) is -0.340. The Kier molecular flexibility index (Phi) is 4.06. The van der Waals surface area contributed by atoms with Gasteiger partial charge in [0.2, 0.25) is 0 Å². The second-order valence-corrected chi connectivity index (χ2v) is 5.77. The molecule has 1 aromatic carbocycles. The molecule has 4 nitrogen and oxygen atoms in total. The van der Waals surface area contributed by atoms with E-state index in [1.807, 2.05) is 6.07 Å². The number of alkyl halides is 3. The van der Waals surface area contributed by atoms with E-state index in [1.165, 1.54) is 18.3 Å². The average molecular weight is 333 g/mol. The number of nitrogens with one attached hydrogen (secondary N) is 1. The van der Waals surface area contributed by atoms with Crippen LogP contribution < -0.4 is 0 Å². The summed E-state index contributed by atoms with van der Waals surface area (Å²) >= 11 is 0. The van der Waals surface area contributed by atoms with Gasteiger partial charge in [-0.25, -0.2) is 0 Å². The zero-order chi connectivity index (χ0) is 17.3. The van der Waals surface area contributed by atoms with Crippen LogP contribution in [-0.2, 0) is 6.18 Å². The van der Waals surface area contributed by atoms with Gasteiger partial charge in [0.1, 0.15) is 11.8 Å². The van der Waals surface area contributed by atoms with Gasteiger partial charge in [-0.1, -0.05) is 18.2 Å². The molecular formula is C17H14F3N3O. The minimum atomic E-state index is -4.37. The third-order valence-electron chi connectivity index (χ3n) is 4.21. The minimum Gasteiger partial charge on any atom is -0.352 e. The van der Waals surface area contributed by atoms with Gasteiger partial charge >= 0.3 is 6.18 Å². The van der Waals surface area contributed by atoms with Gasteiger partial charge in [0.25, 0.3) is 5.91 Å². The first-order chi connectivity index (χ1) is 11.4. The molecule has 0 spiro atoms. The predicted molar refractivity (Wildman–Crippen MR) is 80.2 cm³/mol. The molecule has 24 heavy (non-hydrogen) atoms. The van der Waals surface area contributed by atoms with Crippen LogP contribution in [0.4, 0.5) is 13.2 Å². The summed E-state index contributed by atoms with van der Waals surface area (Å²) in [5.41, 5.74) is 0.601. The van der Waals surface area contributed by atoms with Crippen LogP contribution in [0, 0.1) is 11.3 Å². The molecule has 1 saturated heterocycles. The van der Waals surface area contributed by atoms with Crippen LogP contribution in [0.2, 0.25) is 0 Å². The molecule has 0 saturated carbocycles. The second-order valence-electron chi connectivity index (χ2n) is 5.77. The molecule has 124 valence electrons. The number of H-pyrrole nitrogens is 1. The van der Waals surface area contributed by atoms with E-state index in [-0.39, 0.29) is 11.8 Å². The van der Waals surface area contributed by atoms with E-state index in [9.17, 15) is 18.0 Å². The van der Waals surface area contributed by atoms with Gasteiger partial charge < -0.3 is 9.88 Å². The Hall–Kier alpha value is -2.75. The SMILES string of the molecule is N#Cc1cc(C(=O)N2CC[C@H](c3cccc(C(F)(F)F)c3)C2)c[nH]1. The summed E-state index contributed by atoms with van der Waals surface area (Å²) in [4.78, 5) is 16.7. The monoisotopic (exact) mass is 333 g/mol. The maximum absolute atomic E-state index is 12.8. The number of hydrogen-bond acceptors (Lipinski definition) is 2. The summed E-state index contributed by atoms with van der Waals surface area (Å²) in [6, 6.07) is 8.65. The molecule has 1 atom stereocenters. The van der Waals surface area contributed by atoms with Crippen molar-refractivity contribution >= 4 is 5.91 Å². The molecular weight excluding hydrogens is 319 g/mol. The molecule has 1 aliphatic heterocycles. The molecule has 7 heteroatoms. The molecule has 1 fully saturated rings. The Morgan fingerprint density at radius 1 is 1.33 bits per heavy atom. The Morgan fingerprint density at radius 3 is 2.79 bits per heavy atom. The number of halogens is 3. The van der Waals surface area contributed by atoms with Gasteiger partial charge in [-0.3, -0.25) is 4.79 Å². The van der Waals surface area contributed by atoms with Crippen LogP contribution in [0.3, 0.4) is 0 Å². The van der Waals surface area contributed by atoms with E-state index in [1.54, 1.807) is 11.0 Å². The summed E-state index contributed by atoms with van der Waals surface area (Å²) < 4.78 is 38.5. The summed E-state index contributed by atoms with van der Waals surface area (Å²) in [6.45, 7) is 0.847. The first kappa shape index (κ1) is 16.1. The number of hydrogen-bond donors (Lipinski definition) is 1. The fourth-order valence-electron chi connectivity index (χ4n) is 2.95. The highest BCUT2D eigenvalue weighted by molar-refractivity contribution is 5.94. The molecule has 2 aromatic rings. The number of nitriles is 1. The molecule has 0 unspecified atom stereocenters. The normalized spacial score (nSPS) is 17.8. The van der Waals surface area contributed by atoms with Crippen molar-refractivity contribution in [2.75, 3.05) is 13.1 Å². The van der Waals surface area contributed by atoms with Gasteiger partial charge in [0, 0.05) is 25.2 Å². The van der Waals surface area contributed by atoms with Gasteiger partial charge in [-0.15, -0.1) is 0 Å². The van der Waals surface area contributed by atoms with E-state index in [2.05, 4.69) is 4.98 Å². The Labute approximate surface area is 136 Å². The van der Waals surface area contributed by atoms with Crippen molar-refractivity contribution in [2.24, 2.45) is 0 Å². The van der Waals surface area contributed by atoms with E-state index in [4.69, 9.17) is 5.26 Å². The number of likely N-dealkylation sites (tertiary alicyclic amines) is 1. The standard InChI is InChI=1S/C17H14F3N3O/c18-17(19,20)14-3-1-2-11(6-14)12-4-5-23(10-12)16(24)13-7-15(8-21)22-9-13/h1-3,6-7,9,12,22H,4-5,10H2/t12-/m0/s1. The fourth-order valence-corrected chi connectivity index (χ4v) is 2.95. The van der Waals surface area contributed by atoms with Crippen LogP contribution >= 0.6 is 0 Å². The lowest BCUT2D eigenvalue weighted by atomic mass is 9.96. The summed E-state index contributed by atoms with van der Waals surface area (Å²) in [5, 5.41) is 8.78. The zero-order valence-electron chi connectivity index (χ0n) is 12.6. The number of aromatic amines is 1. The lowest BCUT2D eigenvalue weighted by molar-refractivity contribution is -0.137. The fraction of sp³-hybridized carbons (Fsp3) is 0.294. The van der Waals surface area contributed by atoms with Gasteiger partial charge in [0.05, 0.1) is 11.1 Å². The topological polar surface area (TPSA) is 59.9 Å². The molecule has 1 amide bonds. The van der Waals surface area contributed by atoms with Crippen LogP contribution in [0.1, 0.15) is 39.5 Å². The molecule has 1 N–H and O–H groups in total. The third-order valence-corrected chi connectivity index (χ3v) is 4.21. The van der Waals surface area contributed by atoms with Crippen LogP contribution in [-0.4, -0.2) is 28.9 Å². The van der Waals surface area contributed by atoms with Crippen LogP contribution in [0.5, 0.6) is 0 Å². The van der Waals surface area contributed by atoms with Crippen molar-refractivity contribution in [1.82, 2.24) is 9.88 Å². The lowest BCUT2D eigenvalue weighted by Gasteiger charge is -2.16. The largest absolute Gasteiger partial charge is 0.416 e. The Bertz CT molecular complexity index is 804. The van der Waals surface area contributed by atoms with Crippen molar-refractivity contribution in [3.05, 3.63) is 58.9 Å². The van der Waals surface area contributed by atoms with E-state index < -0.39 is 11.7 Å². The highest BCUT2D eigenvalue weighted by Gasteiger charge is 2.33. The first-order valence-electron chi connectivity index (χ1n) is 7.43. The van der Waals surface area contributed by atoms with Crippen molar-refractivity contribution in [1.29, 1.82) is 5.26 Å². The number of benzene rings is 1. The van der Waals surface area contributed by atoms with Crippen LogP contribution in [0.25, 0.3) is 0 Å². The quantitative estimate of drug-likeness (QED) is 0.914. The van der Waals surface area contributed by atoms with Crippen molar-refractivity contribution in [3.63, 3.8) is 0 Å². The highest BCUT2D eigenvalue weighted by atomic mass is 19.4. The Morgan fingerprint density at radius 2 is 2.12 bits per heavy atom. The van der Waals surface area contributed by atoms with Crippen molar-refractivity contribution in [2.45, 2.75) is 18.5 Å². The van der Waals surface area contributed by atoms with Crippen molar-refractivity contribution < 1.29 is 18.0 Å². The number of nitrogens with zero attached hydrogens (tertiary/aromatic N) is 2. The number of amides is 1. The minimum absolute atomic E-state index is 0.120. The molecule has 1 aromatic heterocycles. The molecule has 0 aliphatic carbocycles. The molecule has 0 bridgehead atoms. The summed E-state index contributed by atoms with van der Waals surface area (Å²) in [6.07, 6.45) is -2.29. The predicted octanol–water partition coefficient (Wildman–Crippen LogP) is 3.53. The van der Waals surface area contributed by atoms with E-state index in [0.29, 0.717) is 36.3 Å².